The van der Waals surface area contributed by atoms with Gasteiger partial charge in [-0.1, -0.05) is 23.9 Å². The van der Waals surface area contributed by atoms with E-state index in [2.05, 4.69) is 10.4 Å². The lowest BCUT2D eigenvalue weighted by atomic mass is 9.96. The van der Waals surface area contributed by atoms with Crippen molar-refractivity contribution >= 4 is 23.6 Å². The van der Waals surface area contributed by atoms with Crippen molar-refractivity contribution in [1.29, 1.82) is 0 Å². The third-order valence-electron chi connectivity index (χ3n) is 1.98. The molecule has 0 aromatic carbocycles. The second-order valence-electron chi connectivity index (χ2n) is 2.83. The van der Waals surface area contributed by atoms with Gasteiger partial charge in [0, 0.05) is 17.8 Å². The summed E-state index contributed by atoms with van der Waals surface area (Å²) >= 11 is 10.8. The van der Waals surface area contributed by atoms with Gasteiger partial charge in [0.05, 0.1) is 0 Å². The normalized spacial score (nSPS) is 21.0. The summed E-state index contributed by atoms with van der Waals surface area (Å²) in [4.78, 5) is 2.27. The van der Waals surface area contributed by atoms with Gasteiger partial charge in [-0.25, -0.2) is 5.43 Å². The first kappa shape index (κ1) is 9.55. The largest absolute Gasteiger partial charge is 0.222 e. The molecule has 0 bridgehead atoms. The standard InChI is InChI=1S/C6H13Cl2N3/c7-10-11(8)9-6-4-2-1-3-5-6/h6,9-10H,1-5H2. The summed E-state index contributed by atoms with van der Waals surface area (Å²) in [5.74, 6) is 0. The summed E-state index contributed by atoms with van der Waals surface area (Å²) in [7, 11) is 0. The predicted molar refractivity (Wildman–Crippen MR) is 46.7 cm³/mol. The highest BCUT2D eigenvalue weighted by atomic mass is 35.5. The SMILES string of the molecule is ClNN(Cl)NC1CCCCC1. The molecular weight excluding hydrogens is 185 g/mol. The Balaban J connectivity index is 2.13. The number of nitrogens with one attached hydrogen (secondary N) is 2. The molecule has 1 fully saturated rings. The van der Waals surface area contributed by atoms with Crippen molar-refractivity contribution < 1.29 is 0 Å². The lowest BCUT2D eigenvalue weighted by Gasteiger charge is -2.25. The summed E-state index contributed by atoms with van der Waals surface area (Å²) in [5, 5.41) is 0. The molecule has 1 aliphatic rings. The minimum atomic E-state index is 0.479. The van der Waals surface area contributed by atoms with E-state index in [1.165, 1.54) is 36.7 Å². The molecule has 0 atom stereocenters. The van der Waals surface area contributed by atoms with Gasteiger partial charge >= 0.3 is 0 Å². The molecule has 0 heterocycles. The van der Waals surface area contributed by atoms with Crippen LogP contribution in [0, 0.1) is 0 Å². The number of hydrazine groups is 2. The van der Waals surface area contributed by atoms with Crippen molar-refractivity contribution in [2.75, 3.05) is 0 Å². The predicted octanol–water partition coefficient (Wildman–Crippen LogP) is 1.94. The zero-order chi connectivity index (χ0) is 8.10. The number of hydrogen-bond donors (Lipinski definition) is 2. The first-order chi connectivity index (χ1) is 5.33. The van der Waals surface area contributed by atoms with Crippen LogP contribution in [0.5, 0.6) is 0 Å². The molecule has 0 spiro atoms. The van der Waals surface area contributed by atoms with Crippen LogP contribution in [0.2, 0.25) is 0 Å². The molecule has 0 aromatic rings. The smallest absolute Gasteiger partial charge is 0.0242 e. The zero-order valence-electron chi connectivity index (χ0n) is 6.32. The first-order valence-electron chi connectivity index (χ1n) is 3.91. The highest BCUT2D eigenvalue weighted by Gasteiger charge is 2.14. The van der Waals surface area contributed by atoms with Crippen LogP contribution in [0.1, 0.15) is 32.1 Å². The van der Waals surface area contributed by atoms with Crippen LogP contribution in [0.3, 0.4) is 0 Å². The molecule has 11 heavy (non-hydrogen) atoms. The molecule has 1 aliphatic carbocycles. The minimum Gasteiger partial charge on any atom is -0.222 e. The molecule has 1 saturated carbocycles. The van der Waals surface area contributed by atoms with Gasteiger partial charge in [-0.15, -0.1) is 4.94 Å². The molecule has 66 valence electrons. The Kier molecular flexibility index (Phi) is 4.48. The van der Waals surface area contributed by atoms with Gasteiger partial charge in [-0.2, -0.15) is 0 Å². The van der Waals surface area contributed by atoms with E-state index < -0.39 is 0 Å². The Morgan fingerprint density at radius 1 is 1.18 bits per heavy atom. The van der Waals surface area contributed by atoms with Crippen LogP contribution >= 0.6 is 23.6 Å². The molecule has 0 saturated heterocycles. The topological polar surface area (TPSA) is 27.3 Å². The van der Waals surface area contributed by atoms with Crippen molar-refractivity contribution in [3.8, 4) is 0 Å². The lowest BCUT2D eigenvalue weighted by Crippen LogP contribution is -2.43. The Morgan fingerprint density at radius 2 is 1.82 bits per heavy atom. The summed E-state index contributed by atoms with van der Waals surface area (Å²) in [6, 6.07) is 0.479. The average molecular weight is 198 g/mol. The van der Waals surface area contributed by atoms with E-state index >= 15 is 0 Å². The fourth-order valence-electron chi connectivity index (χ4n) is 1.42. The van der Waals surface area contributed by atoms with Gasteiger partial charge in [0.15, 0.2) is 0 Å². The third-order valence-corrected chi connectivity index (χ3v) is 2.41. The lowest BCUT2D eigenvalue weighted by molar-refractivity contribution is 0.223. The Labute approximate surface area is 77.2 Å². The van der Waals surface area contributed by atoms with Crippen molar-refractivity contribution in [3.05, 3.63) is 0 Å². The Bertz CT molecular complexity index is 106. The van der Waals surface area contributed by atoms with E-state index in [0.29, 0.717) is 6.04 Å². The average Bonchev–Trinajstić information content (AvgIpc) is 2.06. The summed E-state index contributed by atoms with van der Waals surface area (Å²) < 4.78 is 1.18. The second kappa shape index (κ2) is 5.17. The molecule has 0 aromatic heterocycles. The van der Waals surface area contributed by atoms with Crippen LogP contribution in [-0.2, 0) is 0 Å². The second-order valence-corrected chi connectivity index (χ2v) is 3.34. The molecule has 0 amide bonds. The Morgan fingerprint density at radius 3 is 2.36 bits per heavy atom. The van der Waals surface area contributed by atoms with Gasteiger partial charge in [-0.3, -0.25) is 0 Å². The maximum Gasteiger partial charge on any atom is 0.0242 e. The summed E-state index contributed by atoms with van der Waals surface area (Å²) in [5.41, 5.74) is 3.02. The van der Waals surface area contributed by atoms with Crippen LogP contribution in [0.4, 0.5) is 0 Å². The van der Waals surface area contributed by atoms with E-state index in [9.17, 15) is 0 Å². The molecule has 5 heteroatoms. The maximum atomic E-state index is 5.58. The Hall–Kier alpha value is 0.460. The van der Waals surface area contributed by atoms with Crippen molar-refractivity contribution in [2.45, 2.75) is 38.1 Å². The highest BCUT2D eigenvalue weighted by Crippen LogP contribution is 2.17. The summed E-state index contributed by atoms with van der Waals surface area (Å²) in [6.45, 7) is 0. The van der Waals surface area contributed by atoms with Crippen LogP contribution in [0.25, 0.3) is 0 Å². The van der Waals surface area contributed by atoms with E-state index in [4.69, 9.17) is 23.6 Å². The first-order valence-corrected chi connectivity index (χ1v) is 4.63. The van der Waals surface area contributed by atoms with Gasteiger partial charge in [0.25, 0.3) is 0 Å². The van der Waals surface area contributed by atoms with Crippen LogP contribution in [-0.4, -0.2) is 10.7 Å². The number of halogens is 2. The van der Waals surface area contributed by atoms with Gasteiger partial charge in [0.2, 0.25) is 0 Å². The van der Waals surface area contributed by atoms with E-state index in [-0.39, 0.29) is 0 Å². The van der Waals surface area contributed by atoms with Gasteiger partial charge < -0.3 is 0 Å². The van der Waals surface area contributed by atoms with E-state index in [1.54, 1.807) is 0 Å². The molecule has 0 aliphatic heterocycles. The fraction of sp³-hybridized carbons (Fsp3) is 1.00. The van der Waals surface area contributed by atoms with Gasteiger partial charge in [0.1, 0.15) is 0 Å². The highest BCUT2D eigenvalue weighted by molar-refractivity contribution is 6.18. The van der Waals surface area contributed by atoms with Crippen LogP contribution < -0.4 is 10.4 Å². The molecular formula is C6H13Cl2N3. The minimum absolute atomic E-state index is 0.479. The van der Waals surface area contributed by atoms with Crippen molar-refractivity contribution in [1.82, 2.24) is 15.0 Å². The van der Waals surface area contributed by atoms with Gasteiger partial charge in [-0.05, 0) is 24.6 Å². The number of nitrogens with zero attached hydrogens (tertiary/aromatic N) is 1. The molecule has 1 rings (SSSR count). The maximum absolute atomic E-state index is 5.58. The third kappa shape index (κ3) is 3.58. The zero-order valence-corrected chi connectivity index (χ0v) is 7.83. The van der Waals surface area contributed by atoms with E-state index in [0.717, 1.165) is 0 Å². The number of rotatable bonds is 3. The molecule has 0 unspecified atom stereocenters. The monoisotopic (exact) mass is 197 g/mol. The fourth-order valence-corrected chi connectivity index (χ4v) is 1.60. The molecule has 0 radical (unpaired) electrons. The van der Waals surface area contributed by atoms with Crippen LogP contribution in [0.15, 0.2) is 0 Å². The molecule has 2 N–H and O–H groups in total. The van der Waals surface area contributed by atoms with Crippen molar-refractivity contribution in [2.24, 2.45) is 0 Å². The van der Waals surface area contributed by atoms with Crippen molar-refractivity contribution in [3.63, 3.8) is 0 Å². The van der Waals surface area contributed by atoms with E-state index in [1.807, 2.05) is 0 Å². The summed E-state index contributed by atoms with van der Waals surface area (Å²) in [6.07, 6.45) is 6.27. The molecule has 3 nitrogen and oxygen atoms in total. The number of hydrogen-bond acceptors (Lipinski definition) is 3. The quantitative estimate of drug-likeness (QED) is 0.536.